The summed E-state index contributed by atoms with van der Waals surface area (Å²) < 4.78 is 0. The summed E-state index contributed by atoms with van der Waals surface area (Å²) >= 11 is 1.86. The molecule has 0 aliphatic carbocycles. The number of hydrogen-bond donors (Lipinski definition) is 1. The normalized spacial score (nSPS) is 14.0. The summed E-state index contributed by atoms with van der Waals surface area (Å²) in [6.45, 7) is 2.22. The molecule has 0 heterocycles. The maximum absolute atomic E-state index is 6.29. The summed E-state index contributed by atoms with van der Waals surface area (Å²) in [5, 5.41) is 0.436. The molecular weight excluding hydrogens is 250 g/mol. The van der Waals surface area contributed by atoms with E-state index in [-0.39, 0.29) is 6.04 Å². The maximum Gasteiger partial charge on any atom is 0.0218 e. The van der Waals surface area contributed by atoms with Crippen molar-refractivity contribution in [2.75, 3.05) is 0 Å². The second-order valence-corrected chi connectivity index (χ2v) is 6.27. The molecule has 0 spiro atoms. The number of hydrogen-bond acceptors (Lipinski definition) is 2. The molecule has 0 saturated carbocycles. The average Bonchev–Trinajstić information content (AvgIpc) is 2.47. The molecule has 2 heteroatoms. The van der Waals surface area contributed by atoms with Gasteiger partial charge in [0.1, 0.15) is 0 Å². The van der Waals surface area contributed by atoms with Gasteiger partial charge in [0.15, 0.2) is 0 Å². The van der Waals surface area contributed by atoms with Crippen molar-refractivity contribution in [3.05, 3.63) is 66.2 Å². The van der Waals surface area contributed by atoms with E-state index in [0.717, 1.165) is 12.8 Å². The van der Waals surface area contributed by atoms with E-state index in [4.69, 9.17) is 5.73 Å². The molecule has 0 aliphatic heterocycles. The van der Waals surface area contributed by atoms with E-state index in [1.165, 1.54) is 10.5 Å². The third kappa shape index (κ3) is 4.73. The highest BCUT2D eigenvalue weighted by Gasteiger charge is 2.13. The largest absolute Gasteiger partial charge is 0.327 e. The van der Waals surface area contributed by atoms with Crippen LogP contribution in [-0.2, 0) is 6.42 Å². The van der Waals surface area contributed by atoms with Crippen LogP contribution in [0.2, 0.25) is 0 Å². The van der Waals surface area contributed by atoms with Gasteiger partial charge in [0.05, 0.1) is 0 Å². The van der Waals surface area contributed by atoms with Gasteiger partial charge in [-0.05, 0) is 30.5 Å². The van der Waals surface area contributed by atoms with Gasteiger partial charge in [-0.15, -0.1) is 11.8 Å². The molecule has 2 N–H and O–H groups in total. The van der Waals surface area contributed by atoms with E-state index in [0.29, 0.717) is 5.25 Å². The molecule has 100 valence electrons. The minimum atomic E-state index is 0.227. The van der Waals surface area contributed by atoms with Crippen LogP contribution < -0.4 is 5.73 Å². The van der Waals surface area contributed by atoms with Gasteiger partial charge in [-0.1, -0.05) is 55.5 Å². The summed E-state index contributed by atoms with van der Waals surface area (Å²) in [6.07, 6.45) is 2.09. The van der Waals surface area contributed by atoms with E-state index < -0.39 is 0 Å². The lowest BCUT2D eigenvalue weighted by atomic mass is 10.0. The first-order valence-corrected chi connectivity index (χ1v) is 7.65. The standard InChI is InChI=1S/C17H21NS/c1-14(19-16-10-6-3-7-11-16)17(18)13-12-15-8-4-2-5-9-15/h2-11,14,17H,12-13,18H2,1H3/t14-,17+/m1/s1. The highest BCUT2D eigenvalue weighted by molar-refractivity contribution is 8.00. The molecule has 19 heavy (non-hydrogen) atoms. The fourth-order valence-electron chi connectivity index (χ4n) is 2.01. The Morgan fingerprint density at radius 2 is 1.53 bits per heavy atom. The SMILES string of the molecule is C[C@@H](Sc1ccccc1)[C@@H](N)CCc1ccccc1. The van der Waals surface area contributed by atoms with Crippen LogP contribution in [0, 0.1) is 0 Å². The van der Waals surface area contributed by atoms with Crippen LogP contribution in [0.1, 0.15) is 18.9 Å². The van der Waals surface area contributed by atoms with Crippen LogP contribution in [0.15, 0.2) is 65.6 Å². The Balaban J connectivity index is 1.81. The fourth-order valence-corrected chi connectivity index (χ4v) is 3.07. The highest BCUT2D eigenvalue weighted by Crippen LogP contribution is 2.25. The van der Waals surface area contributed by atoms with E-state index in [2.05, 4.69) is 61.5 Å². The molecule has 0 unspecified atom stereocenters. The van der Waals surface area contributed by atoms with Crippen molar-refractivity contribution in [3.63, 3.8) is 0 Å². The number of thioether (sulfide) groups is 1. The Morgan fingerprint density at radius 3 is 2.16 bits per heavy atom. The van der Waals surface area contributed by atoms with Crippen molar-refractivity contribution in [1.29, 1.82) is 0 Å². The van der Waals surface area contributed by atoms with E-state index in [1.807, 2.05) is 17.8 Å². The first kappa shape index (κ1) is 14.2. The molecule has 0 radical (unpaired) electrons. The van der Waals surface area contributed by atoms with Gasteiger partial charge in [0, 0.05) is 16.2 Å². The summed E-state index contributed by atoms with van der Waals surface area (Å²) in [7, 11) is 0. The highest BCUT2D eigenvalue weighted by atomic mass is 32.2. The zero-order chi connectivity index (χ0) is 13.5. The molecule has 0 aliphatic rings. The zero-order valence-electron chi connectivity index (χ0n) is 11.3. The number of rotatable bonds is 6. The van der Waals surface area contributed by atoms with E-state index in [9.17, 15) is 0 Å². The fraction of sp³-hybridized carbons (Fsp3) is 0.294. The average molecular weight is 271 g/mol. The number of aryl methyl sites for hydroxylation is 1. The Bertz CT molecular complexity index is 469. The summed E-state index contributed by atoms with van der Waals surface area (Å²) in [5.41, 5.74) is 7.66. The Morgan fingerprint density at radius 1 is 0.947 bits per heavy atom. The topological polar surface area (TPSA) is 26.0 Å². The van der Waals surface area contributed by atoms with Gasteiger partial charge in [-0.3, -0.25) is 0 Å². The quantitative estimate of drug-likeness (QED) is 0.800. The molecule has 2 aromatic carbocycles. The lowest BCUT2D eigenvalue weighted by Crippen LogP contribution is -2.30. The van der Waals surface area contributed by atoms with E-state index >= 15 is 0 Å². The first-order chi connectivity index (χ1) is 9.25. The Kier molecular flexibility index (Phi) is 5.49. The summed E-state index contributed by atoms with van der Waals surface area (Å²) in [4.78, 5) is 1.30. The smallest absolute Gasteiger partial charge is 0.0218 e. The van der Waals surface area contributed by atoms with Crippen LogP contribution in [-0.4, -0.2) is 11.3 Å². The van der Waals surface area contributed by atoms with Crippen LogP contribution in [0.5, 0.6) is 0 Å². The lowest BCUT2D eigenvalue weighted by molar-refractivity contribution is 0.607. The number of nitrogens with two attached hydrogens (primary N) is 1. The molecule has 0 fully saturated rings. The molecule has 2 atom stereocenters. The van der Waals surface area contributed by atoms with Crippen molar-refractivity contribution in [3.8, 4) is 0 Å². The van der Waals surface area contributed by atoms with Crippen LogP contribution >= 0.6 is 11.8 Å². The van der Waals surface area contributed by atoms with Crippen molar-refractivity contribution in [2.45, 2.75) is 36.0 Å². The Hall–Kier alpha value is -1.25. The third-order valence-corrected chi connectivity index (χ3v) is 4.54. The minimum absolute atomic E-state index is 0.227. The summed E-state index contributed by atoms with van der Waals surface area (Å²) in [5.74, 6) is 0. The molecule has 2 rings (SSSR count). The van der Waals surface area contributed by atoms with Crippen molar-refractivity contribution >= 4 is 11.8 Å². The van der Waals surface area contributed by atoms with E-state index in [1.54, 1.807) is 0 Å². The number of benzene rings is 2. The minimum Gasteiger partial charge on any atom is -0.327 e. The summed E-state index contributed by atoms with van der Waals surface area (Å²) in [6, 6.07) is 21.3. The molecular formula is C17H21NS. The molecule has 2 aromatic rings. The first-order valence-electron chi connectivity index (χ1n) is 6.77. The van der Waals surface area contributed by atoms with Crippen molar-refractivity contribution in [2.24, 2.45) is 5.73 Å². The zero-order valence-corrected chi connectivity index (χ0v) is 12.1. The predicted molar refractivity (Wildman–Crippen MR) is 84.5 cm³/mol. The van der Waals surface area contributed by atoms with Gasteiger partial charge in [-0.25, -0.2) is 0 Å². The molecule has 0 aromatic heterocycles. The molecule has 0 saturated heterocycles. The second-order valence-electron chi connectivity index (χ2n) is 4.82. The monoisotopic (exact) mass is 271 g/mol. The molecule has 0 amide bonds. The van der Waals surface area contributed by atoms with Gasteiger partial charge in [-0.2, -0.15) is 0 Å². The predicted octanol–water partition coefficient (Wildman–Crippen LogP) is 4.13. The van der Waals surface area contributed by atoms with Crippen LogP contribution in [0.3, 0.4) is 0 Å². The van der Waals surface area contributed by atoms with Crippen molar-refractivity contribution in [1.82, 2.24) is 0 Å². The Labute approximate surface area is 120 Å². The second kappa shape index (κ2) is 7.37. The van der Waals surface area contributed by atoms with Gasteiger partial charge in [0.25, 0.3) is 0 Å². The maximum atomic E-state index is 6.29. The van der Waals surface area contributed by atoms with Gasteiger partial charge >= 0.3 is 0 Å². The molecule has 0 bridgehead atoms. The van der Waals surface area contributed by atoms with Crippen LogP contribution in [0.4, 0.5) is 0 Å². The molecule has 1 nitrogen and oxygen atoms in total. The lowest BCUT2D eigenvalue weighted by Gasteiger charge is -2.19. The van der Waals surface area contributed by atoms with Crippen molar-refractivity contribution < 1.29 is 0 Å². The van der Waals surface area contributed by atoms with Gasteiger partial charge in [0.2, 0.25) is 0 Å². The third-order valence-electron chi connectivity index (χ3n) is 3.28. The van der Waals surface area contributed by atoms with Crippen LogP contribution in [0.25, 0.3) is 0 Å². The van der Waals surface area contributed by atoms with Gasteiger partial charge < -0.3 is 5.73 Å².